The summed E-state index contributed by atoms with van der Waals surface area (Å²) < 4.78 is 26.7. The van der Waals surface area contributed by atoms with Crippen molar-refractivity contribution in [3.05, 3.63) is 35.4 Å². The standard InChI is InChI=1S/C16H23F2N/c1-16(8-4-3-5-9-16)15(19-2)10-12-6-7-13(17)11-14(12)18/h6-7,11,15,19H,3-5,8-10H2,1-2H3. The number of likely N-dealkylation sites (N-methyl/N-ethyl adjacent to an activating group) is 1. The molecule has 1 saturated carbocycles. The highest BCUT2D eigenvalue weighted by Crippen LogP contribution is 2.39. The average molecular weight is 267 g/mol. The minimum absolute atomic E-state index is 0.216. The van der Waals surface area contributed by atoms with Gasteiger partial charge in [-0.3, -0.25) is 0 Å². The van der Waals surface area contributed by atoms with E-state index in [1.54, 1.807) is 6.07 Å². The van der Waals surface area contributed by atoms with E-state index in [4.69, 9.17) is 0 Å². The number of benzene rings is 1. The van der Waals surface area contributed by atoms with Gasteiger partial charge in [-0.25, -0.2) is 8.78 Å². The third kappa shape index (κ3) is 3.33. The molecule has 1 nitrogen and oxygen atoms in total. The summed E-state index contributed by atoms with van der Waals surface area (Å²) in [6, 6.07) is 4.13. The molecule has 1 atom stereocenters. The molecule has 0 amide bonds. The Morgan fingerprint density at radius 1 is 1.21 bits per heavy atom. The fraction of sp³-hybridized carbons (Fsp3) is 0.625. The lowest BCUT2D eigenvalue weighted by Gasteiger charge is -2.41. The highest BCUT2D eigenvalue weighted by atomic mass is 19.1. The van der Waals surface area contributed by atoms with Crippen LogP contribution in [0.4, 0.5) is 8.78 Å². The van der Waals surface area contributed by atoms with Gasteiger partial charge in [0, 0.05) is 12.1 Å². The first-order valence-electron chi connectivity index (χ1n) is 7.16. The maximum absolute atomic E-state index is 13.8. The van der Waals surface area contributed by atoms with Crippen LogP contribution in [0, 0.1) is 17.0 Å². The second kappa shape index (κ2) is 6.00. The Morgan fingerprint density at radius 3 is 2.47 bits per heavy atom. The highest BCUT2D eigenvalue weighted by Gasteiger charge is 2.34. The Bertz CT molecular complexity index is 425. The predicted molar refractivity (Wildman–Crippen MR) is 74.1 cm³/mol. The van der Waals surface area contributed by atoms with E-state index in [0.717, 1.165) is 6.07 Å². The lowest BCUT2D eigenvalue weighted by atomic mass is 9.69. The molecule has 0 bridgehead atoms. The second-order valence-corrected chi connectivity index (χ2v) is 6.00. The lowest BCUT2D eigenvalue weighted by molar-refractivity contribution is 0.148. The zero-order valence-electron chi connectivity index (χ0n) is 11.8. The van der Waals surface area contributed by atoms with Gasteiger partial charge in [0.25, 0.3) is 0 Å². The second-order valence-electron chi connectivity index (χ2n) is 6.00. The third-order valence-corrected chi connectivity index (χ3v) is 4.62. The van der Waals surface area contributed by atoms with Crippen molar-refractivity contribution in [3.8, 4) is 0 Å². The van der Waals surface area contributed by atoms with Crippen LogP contribution in [0.3, 0.4) is 0 Å². The summed E-state index contributed by atoms with van der Waals surface area (Å²) in [5.74, 6) is -0.939. The zero-order chi connectivity index (χ0) is 13.9. The molecule has 2 rings (SSSR count). The van der Waals surface area contributed by atoms with Crippen LogP contribution in [0.2, 0.25) is 0 Å². The summed E-state index contributed by atoms with van der Waals surface area (Å²) in [6.07, 6.45) is 6.79. The van der Waals surface area contributed by atoms with Crippen molar-refractivity contribution in [2.24, 2.45) is 5.41 Å². The van der Waals surface area contributed by atoms with Crippen LogP contribution in [-0.4, -0.2) is 13.1 Å². The molecule has 0 heterocycles. The first-order chi connectivity index (χ1) is 9.05. The molecule has 106 valence electrons. The number of rotatable bonds is 4. The van der Waals surface area contributed by atoms with Crippen LogP contribution in [0.25, 0.3) is 0 Å². The molecular formula is C16H23F2N. The molecule has 0 aromatic heterocycles. The lowest BCUT2D eigenvalue weighted by Crippen LogP contribution is -2.44. The van der Waals surface area contributed by atoms with E-state index in [2.05, 4.69) is 12.2 Å². The fourth-order valence-electron chi connectivity index (χ4n) is 3.31. The van der Waals surface area contributed by atoms with Crippen LogP contribution in [-0.2, 0) is 6.42 Å². The summed E-state index contributed by atoms with van der Waals surface area (Å²) in [7, 11) is 1.94. The molecule has 0 radical (unpaired) electrons. The predicted octanol–water partition coefficient (Wildman–Crippen LogP) is 4.07. The molecule has 1 fully saturated rings. The number of nitrogens with one attached hydrogen (secondary N) is 1. The molecule has 19 heavy (non-hydrogen) atoms. The summed E-state index contributed by atoms with van der Waals surface area (Å²) in [4.78, 5) is 0. The van der Waals surface area contributed by atoms with Crippen molar-refractivity contribution in [3.63, 3.8) is 0 Å². The Morgan fingerprint density at radius 2 is 1.89 bits per heavy atom. The normalized spacial score (nSPS) is 20.2. The first-order valence-corrected chi connectivity index (χ1v) is 7.16. The molecule has 1 aliphatic rings. The van der Waals surface area contributed by atoms with Gasteiger partial charge in [-0.05, 0) is 43.4 Å². The van der Waals surface area contributed by atoms with E-state index in [1.807, 2.05) is 7.05 Å². The van der Waals surface area contributed by atoms with Crippen LogP contribution in [0.5, 0.6) is 0 Å². The van der Waals surface area contributed by atoms with Crippen molar-refractivity contribution in [2.45, 2.75) is 51.5 Å². The zero-order valence-corrected chi connectivity index (χ0v) is 11.8. The molecular weight excluding hydrogens is 244 g/mol. The number of hydrogen-bond donors (Lipinski definition) is 1. The van der Waals surface area contributed by atoms with Gasteiger partial charge in [0.2, 0.25) is 0 Å². The van der Waals surface area contributed by atoms with Crippen LogP contribution in [0.15, 0.2) is 18.2 Å². The Kier molecular flexibility index (Phi) is 4.56. The van der Waals surface area contributed by atoms with Gasteiger partial charge >= 0.3 is 0 Å². The molecule has 0 saturated heterocycles. The SMILES string of the molecule is CNC(Cc1ccc(F)cc1F)C1(C)CCCCC1. The number of halogens is 2. The van der Waals surface area contributed by atoms with Crippen molar-refractivity contribution in [2.75, 3.05) is 7.05 Å². The van der Waals surface area contributed by atoms with Gasteiger partial charge < -0.3 is 5.32 Å². The Hall–Kier alpha value is -0.960. The summed E-state index contributed by atoms with van der Waals surface area (Å²) in [5.41, 5.74) is 0.820. The van der Waals surface area contributed by atoms with Crippen LogP contribution >= 0.6 is 0 Å². The van der Waals surface area contributed by atoms with Gasteiger partial charge in [0.15, 0.2) is 0 Å². The van der Waals surface area contributed by atoms with E-state index in [-0.39, 0.29) is 11.5 Å². The monoisotopic (exact) mass is 267 g/mol. The Balaban J connectivity index is 2.14. The van der Waals surface area contributed by atoms with E-state index in [9.17, 15) is 8.78 Å². The first kappa shape index (κ1) is 14.4. The van der Waals surface area contributed by atoms with Gasteiger partial charge in [-0.15, -0.1) is 0 Å². The van der Waals surface area contributed by atoms with E-state index in [0.29, 0.717) is 12.0 Å². The quantitative estimate of drug-likeness (QED) is 0.867. The summed E-state index contributed by atoms with van der Waals surface area (Å²) in [6.45, 7) is 2.29. The molecule has 1 N–H and O–H groups in total. The minimum Gasteiger partial charge on any atom is -0.316 e. The third-order valence-electron chi connectivity index (χ3n) is 4.62. The van der Waals surface area contributed by atoms with E-state index >= 15 is 0 Å². The van der Waals surface area contributed by atoms with E-state index in [1.165, 1.54) is 38.2 Å². The fourth-order valence-corrected chi connectivity index (χ4v) is 3.31. The van der Waals surface area contributed by atoms with Crippen molar-refractivity contribution in [1.82, 2.24) is 5.32 Å². The van der Waals surface area contributed by atoms with Gasteiger partial charge in [-0.1, -0.05) is 32.3 Å². The van der Waals surface area contributed by atoms with Crippen molar-refractivity contribution >= 4 is 0 Å². The van der Waals surface area contributed by atoms with Crippen LogP contribution < -0.4 is 5.32 Å². The smallest absolute Gasteiger partial charge is 0.129 e. The average Bonchev–Trinajstić information content (AvgIpc) is 2.38. The Labute approximate surface area is 114 Å². The van der Waals surface area contributed by atoms with Gasteiger partial charge in [0.1, 0.15) is 11.6 Å². The van der Waals surface area contributed by atoms with Crippen LogP contribution in [0.1, 0.15) is 44.6 Å². The number of hydrogen-bond acceptors (Lipinski definition) is 1. The van der Waals surface area contributed by atoms with Gasteiger partial charge in [0.05, 0.1) is 0 Å². The molecule has 1 unspecified atom stereocenters. The topological polar surface area (TPSA) is 12.0 Å². The molecule has 1 aromatic carbocycles. The van der Waals surface area contributed by atoms with Crippen molar-refractivity contribution in [1.29, 1.82) is 0 Å². The van der Waals surface area contributed by atoms with Gasteiger partial charge in [-0.2, -0.15) is 0 Å². The highest BCUT2D eigenvalue weighted by molar-refractivity contribution is 5.20. The largest absolute Gasteiger partial charge is 0.316 e. The molecule has 0 aliphatic heterocycles. The van der Waals surface area contributed by atoms with E-state index < -0.39 is 11.6 Å². The maximum atomic E-state index is 13.8. The summed E-state index contributed by atoms with van der Waals surface area (Å²) >= 11 is 0. The molecule has 3 heteroatoms. The minimum atomic E-state index is -0.508. The molecule has 0 spiro atoms. The molecule has 1 aromatic rings. The maximum Gasteiger partial charge on any atom is 0.129 e. The molecule has 1 aliphatic carbocycles. The summed E-state index contributed by atoms with van der Waals surface area (Å²) in [5, 5.41) is 3.34. The van der Waals surface area contributed by atoms with Crippen molar-refractivity contribution < 1.29 is 8.78 Å².